The monoisotopic (exact) mass is 264 g/mol. The maximum atomic E-state index is 12.2. The number of ketones is 1. The van der Waals surface area contributed by atoms with Gasteiger partial charge in [-0.15, -0.1) is 0 Å². The van der Waals surface area contributed by atoms with Gasteiger partial charge in [-0.05, 0) is 12.1 Å². The molecule has 0 saturated carbocycles. The summed E-state index contributed by atoms with van der Waals surface area (Å²) in [5, 5.41) is 4.89. The van der Waals surface area contributed by atoms with Crippen molar-refractivity contribution in [2.24, 2.45) is 0 Å². The van der Waals surface area contributed by atoms with Gasteiger partial charge in [-0.25, -0.2) is 0 Å². The third kappa shape index (κ3) is 4.42. The molecule has 0 aliphatic carbocycles. The van der Waals surface area contributed by atoms with Crippen LogP contribution in [0.1, 0.15) is 17.3 Å². The fourth-order valence-corrected chi connectivity index (χ4v) is 1.53. The third-order valence-corrected chi connectivity index (χ3v) is 2.50. The van der Waals surface area contributed by atoms with Crippen LogP contribution < -0.4 is 15.4 Å². The molecule has 0 radical (unpaired) electrons. The van der Waals surface area contributed by atoms with Crippen LogP contribution in [0.5, 0.6) is 5.75 Å². The molecule has 2 amide bonds. The molecule has 1 unspecified atom stereocenters. The highest BCUT2D eigenvalue weighted by molar-refractivity contribution is 6.01. The van der Waals surface area contributed by atoms with Crippen molar-refractivity contribution in [2.45, 2.75) is 13.0 Å². The van der Waals surface area contributed by atoms with Gasteiger partial charge in [-0.3, -0.25) is 14.4 Å². The number of nitrogens with one attached hydrogen (secondary N) is 2. The fourth-order valence-electron chi connectivity index (χ4n) is 1.53. The summed E-state index contributed by atoms with van der Waals surface area (Å²) in [5.74, 6) is -0.00822. The summed E-state index contributed by atoms with van der Waals surface area (Å²) in [6.45, 7) is 1.39. The van der Waals surface area contributed by atoms with Gasteiger partial charge in [0, 0.05) is 19.0 Å². The van der Waals surface area contributed by atoms with E-state index in [9.17, 15) is 14.4 Å². The molecule has 0 spiro atoms. The Morgan fingerprint density at radius 3 is 2.74 bits per heavy atom. The van der Waals surface area contributed by atoms with Crippen LogP contribution in [0.2, 0.25) is 0 Å². The van der Waals surface area contributed by atoms with E-state index in [1.54, 1.807) is 24.3 Å². The molecule has 0 saturated heterocycles. The molecule has 102 valence electrons. The number of carbonyl (C=O) groups is 3. The van der Waals surface area contributed by atoms with Crippen LogP contribution in [0, 0.1) is 0 Å². The Kier molecular flexibility index (Phi) is 5.53. The zero-order valence-corrected chi connectivity index (χ0v) is 10.8. The largest absolute Gasteiger partial charge is 0.497 e. The first-order chi connectivity index (χ1) is 9.08. The molecule has 1 aromatic rings. The maximum Gasteiger partial charge on any atom is 0.216 e. The van der Waals surface area contributed by atoms with Crippen molar-refractivity contribution in [3.63, 3.8) is 0 Å². The number of hydrogen-bond acceptors (Lipinski definition) is 4. The second-order valence-corrected chi connectivity index (χ2v) is 3.87. The third-order valence-electron chi connectivity index (χ3n) is 2.50. The first-order valence-electron chi connectivity index (χ1n) is 5.71. The molecule has 19 heavy (non-hydrogen) atoms. The predicted molar refractivity (Wildman–Crippen MR) is 69.0 cm³/mol. The lowest BCUT2D eigenvalue weighted by Crippen LogP contribution is -2.45. The summed E-state index contributed by atoms with van der Waals surface area (Å²) in [6.07, 6.45) is 0.435. The normalized spacial score (nSPS) is 11.3. The van der Waals surface area contributed by atoms with Gasteiger partial charge in [-0.1, -0.05) is 12.1 Å². The van der Waals surface area contributed by atoms with Crippen LogP contribution in [-0.2, 0) is 9.59 Å². The molecule has 2 N–H and O–H groups in total. The molecule has 0 fully saturated rings. The highest BCUT2D eigenvalue weighted by Gasteiger charge is 2.19. The lowest BCUT2D eigenvalue weighted by Gasteiger charge is -2.15. The summed E-state index contributed by atoms with van der Waals surface area (Å²) < 4.78 is 5.03. The molecule has 0 bridgehead atoms. The van der Waals surface area contributed by atoms with E-state index >= 15 is 0 Å². The summed E-state index contributed by atoms with van der Waals surface area (Å²) >= 11 is 0. The van der Waals surface area contributed by atoms with Crippen LogP contribution in [0.4, 0.5) is 0 Å². The number of methoxy groups -OCH3 is 1. The van der Waals surface area contributed by atoms with Crippen LogP contribution in [0.3, 0.4) is 0 Å². The van der Waals surface area contributed by atoms with E-state index in [1.807, 2.05) is 0 Å². The van der Waals surface area contributed by atoms with Crippen LogP contribution in [0.25, 0.3) is 0 Å². The van der Waals surface area contributed by atoms with Crippen LogP contribution in [0.15, 0.2) is 24.3 Å². The number of hydrogen-bond donors (Lipinski definition) is 2. The predicted octanol–water partition coefficient (Wildman–Crippen LogP) is 0.129. The number of Topliss-reactive ketones (excluding diaryl/α,β-unsaturated/α-hetero) is 1. The molecular weight excluding hydrogens is 248 g/mol. The Labute approximate surface area is 111 Å². The molecule has 0 heterocycles. The van der Waals surface area contributed by atoms with Crippen molar-refractivity contribution in [1.82, 2.24) is 10.6 Å². The number of rotatable bonds is 7. The summed E-state index contributed by atoms with van der Waals surface area (Å²) in [5.41, 5.74) is 0.407. The Bertz CT molecular complexity index is 473. The van der Waals surface area contributed by atoms with E-state index in [1.165, 1.54) is 14.0 Å². The molecule has 1 aromatic carbocycles. The van der Waals surface area contributed by atoms with E-state index in [0.29, 0.717) is 17.7 Å². The second kappa shape index (κ2) is 7.15. The van der Waals surface area contributed by atoms with Crippen LogP contribution >= 0.6 is 0 Å². The minimum absolute atomic E-state index is 0.0458. The number of carbonyl (C=O) groups excluding carboxylic acids is 3. The molecule has 0 aliphatic heterocycles. The summed E-state index contributed by atoms with van der Waals surface area (Å²) in [7, 11) is 1.50. The van der Waals surface area contributed by atoms with E-state index in [0.717, 1.165) is 0 Å². The fraction of sp³-hybridized carbons (Fsp3) is 0.308. The Hall–Kier alpha value is -2.37. The zero-order valence-electron chi connectivity index (χ0n) is 10.8. The molecule has 1 rings (SSSR count). The smallest absolute Gasteiger partial charge is 0.216 e. The van der Waals surface area contributed by atoms with Crippen LogP contribution in [-0.4, -0.2) is 37.8 Å². The number of amides is 2. The highest BCUT2D eigenvalue weighted by atomic mass is 16.5. The molecule has 1 atom stereocenters. The summed E-state index contributed by atoms with van der Waals surface area (Å²) in [4.78, 5) is 33.6. The quantitative estimate of drug-likeness (QED) is 0.541. The lowest BCUT2D eigenvalue weighted by atomic mass is 10.0. The highest BCUT2D eigenvalue weighted by Crippen LogP contribution is 2.14. The van der Waals surface area contributed by atoms with Crippen molar-refractivity contribution in [3.05, 3.63) is 29.8 Å². The van der Waals surface area contributed by atoms with Gasteiger partial charge >= 0.3 is 0 Å². The van der Waals surface area contributed by atoms with Gasteiger partial charge in [0.2, 0.25) is 12.3 Å². The van der Waals surface area contributed by atoms with Gasteiger partial charge in [0.15, 0.2) is 5.78 Å². The van der Waals surface area contributed by atoms with Gasteiger partial charge in [0.05, 0.1) is 7.11 Å². The standard InChI is InChI=1S/C13H16N2O4/c1-9(17)14-7-12(15-8-16)13(18)10-4-3-5-11(6-10)19-2/h3-6,8,12H,7H2,1-2H3,(H,14,17)(H,15,16). The van der Waals surface area contributed by atoms with Crippen molar-refractivity contribution < 1.29 is 19.1 Å². The van der Waals surface area contributed by atoms with Crippen molar-refractivity contribution in [1.29, 1.82) is 0 Å². The summed E-state index contributed by atoms with van der Waals surface area (Å²) in [6, 6.07) is 5.80. The first kappa shape index (κ1) is 14.7. The van der Waals surface area contributed by atoms with Gasteiger partial charge in [0.25, 0.3) is 0 Å². The first-order valence-corrected chi connectivity index (χ1v) is 5.71. The lowest BCUT2D eigenvalue weighted by molar-refractivity contribution is -0.119. The number of benzene rings is 1. The Morgan fingerprint density at radius 1 is 1.42 bits per heavy atom. The Balaban J connectivity index is 2.84. The molecule has 6 nitrogen and oxygen atoms in total. The van der Waals surface area contributed by atoms with Crippen molar-refractivity contribution in [3.8, 4) is 5.75 Å². The molecular formula is C13H16N2O4. The van der Waals surface area contributed by atoms with E-state index in [-0.39, 0.29) is 18.2 Å². The SMILES string of the molecule is COc1cccc(C(=O)C(CNC(C)=O)NC=O)c1. The minimum Gasteiger partial charge on any atom is -0.497 e. The van der Waals surface area contributed by atoms with E-state index < -0.39 is 6.04 Å². The molecule has 6 heteroatoms. The van der Waals surface area contributed by atoms with Gasteiger partial charge < -0.3 is 15.4 Å². The van der Waals surface area contributed by atoms with Gasteiger partial charge in [0.1, 0.15) is 11.8 Å². The molecule has 0 aromatic heterocycles. The van der Waals surface area contributed by atoms with E-state index in [4.69, 9.17) is 4.74 Å². The number of ether oxygens (including phenoxy) is 1. The maximum absolute atomic E-state index is 12.2. The van der Waals surface area contributed by atoms with Crippen molar-refractivity contribution in [2.75, 3.05) is 13.7 Å². The average Bonchev–Trinajstić information content (AvgIpc) is 2.42. The minimum atomic E-state index is -0.798. The topological polar surface area (TPSA) is 84.5 Å². The second-order valence-electron chi connectivity index (χ2n) is 3.87. The molecule has 0 aliphatic rings. The average molecular weight is 264 g/mol. The van der Waals surface area contributed by atoms with E-state index in [2.05, 4.69) is 10.6 Å². The van der Waals surface area contributed by atoms with Gasteiger partial charge in [-0.2, -0.15) is 0 Å². The Morgan fingerprint density at radius 2 is 2.16 bits per heavy atom. The van der Waals surface area contributed by atoms with Crippen molar-refractivity contribution >= 4 is 18.1 Å². The zero-order chi connectivity index (χ0) is 14.3.